The van der Waals surface area contributed by atoms with E-state index in [1.54, 1.807) is 6.20 Å². The molecular weight excluding hydrogens is 112 g/mol. The number of hydrogen-bond acceptors (Lipinski definition) is 1. The second-order valence-electron chi connectivity index (χ2n) is 1.94. The van der Waals surface area contributed by atoms with Crippen molar-refractivity contribution in [3.8, 4) is 0 Å². The van der Waals surface area contributed by atoms with Crippen molar-refractivity contribution in [1.29, 1.82) is 0 Å². The lowest BCUT2D eigenvalue weighted by Gasteiger charge is -1.82. The predicted molar refractivity (Wildman–Crippen MR) is 38.2 cm³/mol. The van der Waals surface area contributed by atoms with Crippen LogP contribution < -0.4 is 0 Å². The first-order valence-corrected chi connectivity index (χ1v) is 2.84. The smallest absolute Gasteiger partial charge is 0.0640 e. The van der Waals surface area contributed by atoms with Gasteiger partial charge in [-0.3, -0.25) is 4.98 Å². The molecular formula is C7H8N2. The average molecular weight is 120 g/mol. The van der Waals surface area contributed by atoms with Crippen molar-refractivity contribution in [2.24, 2.45) is 0 Å². The Morgan fingerprint density at radius 1 is 1.44 bits per heavy atom. The van der Waals surface area contributed by atoms with Gasteiger partial charge in [0.25, 0.3) is 0 Å². The van der Waals surface area contributed by atoms with Crippen molar-refractivity contribution in [3.05, 3.63) is 30.7 Å². The van der Waals surface area contributed by atoms with Crippen molar-refractivity contribution in [1.82, 2.24) is 9.97 Å². The predicted octanol–water partition coefficient (Wildman–Crippen LogP) is 1.81. The van der Waals surface area contributed by atoms with Crippen LogP contribution in [0.3, 0.4) is 0 Å². The highest BCUT2D eigenvalue weighted by molar-refractivity contribution is 5.77. The van der Waals surface area contributed by atoms with Crippen LogP contribution in [0.15, 0.2) is 30.7 Å². The molecule has 0 aliphatic heterocycles. The van der Waals surface area contributed by atoms with E-state index in [9.17, 15) is 0 Å². The number of pyridine rings is 1. The minimum atomic E-state index is 0. The van der Waals surface area contributed by atoms with Gasteiger partial charge in [-0.05, 0) is 12.1 Å². The normalized spacial score (nSPS) is 10.2. The molecule has 9 heavy (non-hydrogen) atoms. The first-order valence-electron chi connectivity index (χ1n) is 2.84. The zero-order chi connectivity index (χ0) is 6.10. The minimum Gasteiger partial charge on any atom is -0.360 e. The summed E-state index contributed by atoms with van der Waals surface area (Å²) in [6.45, 7) is 0. The quantitative estimate of drug-likeness (QED) is 0.564. The van der Waals surface area contributed by atoms with Gasteiger partial charge in [0.15, 0.2) is 0 Å². The van der Waals surface area contributed by atoms with Crippen molar-refractivity contribution in [3.63, 3.8) is 0 Å². The number of nitrogens with one attached hydrogen (secondary N) is 1. The summed E-state index contributed by atoms with van der Waals surface area (Å²) in [6, 6.07) is 4.00. The fourth-order valence-electron chi connectivity index (χ4n) is 0.892. The molecule has 0 amide bonds. The van der Waals surface area contributed by atoms with Crippen LogP contribution in [-0.4, -0.2) is 9.97 Å². The SMILES string of the molecule is [HH].c1cc2cc[nH]c2cn1. The zero-order valence-electron chi connectivity index (χ0n) is 4.83. The first-order chi connectivity index (χ1) is 4.47. The summed E-state index contributed by atoms with van der Waals surface area (Å²) < 4.78 is 0. The van der Waals surface area contributed by atoms with Crippen LogP contribution in [0.4, 0.5) is 0 Å². The average Bonchev–Trinajstić information content (AvgIpc) is 2.33. The van der Waals surface area contributed by atoms with Gasteiger partial charge in [0.05, 0.1) is 11.7 Å². The molecule has 2 aromatic rings. The molecule has 46 valence electrons. The fourth-order valence-corrected chi connectivity index (χ4v) is 0.892. The molecule has 0 unspecified atom stereocenters. The number of aromatic amines is 1. The molecule has 0 atom stereocenters. The number of fused-ring (bicyclic) bond motifs is 1. The second kappa shape index (κ2) is 1.58. The van der Waals surface area contributed by atoms with Gasteiger partial charge in [-0.15, -0.1) is 0 Å². The van der Waals surface area contributed by atoms with Gasteiger partial charge in [0, 0.05) is 19.2 Å². The molecule has 0 spiro atoms. The molecule has 2 heterocycles. The van der Waals surface area contributed by atoms with E-state index in [0.717, 1.165) is 5.52 Å². The van der Waals surface area contributed by atoms with E-state index in [-0.39, 0.29) is 1.43 Å². The van der Waals surface area contributed by atoms with E-state index < -0.39 is 0 Å². The number of aromatic nitrogens is 2. The lowest BCUT2D eigenvalue weighted by molar-refractivity contribution is 1.34. The third-order valence-electron chi connectivity index (χ3n) is 1.36. The minimum absolute atomic E-state index is 0. The summed E-state index contributed by atoms with van der Waals surface area (Å²) in [6.07, 6.45) is 5.51. The highest BCUT2D eigenvalue weighted by Gasteiger charge is 1.87. The molecule has 0 aliphatic rings. The van der Waals surface area contributed by atoms with E-state index in [2.05, 4.69) is 9.97 Å². The Bertz CT molecular complexity index is 286. The van der Waals surface area contributed by atoms with Crippen molar-refractivity contribution >= 4 is 10.9 Å². The molecule has 2 aromatic heterocycles. The van der Waals surface area contributed by atoms with Crippen LogP contribution in [0.2, 0.25) is 0 Å². The molecule has 2 rings (SSSR count). The number of H-pyrrole nitrogens is 1. The molecule has 0 bridgehead atoms. The number of nitrogens with zero attached hydrogens (tertiary/aromatic N) is 1. The molecule has 0 fully saturated rings. The van der Waals surface area contributed by atoms with E-state index in [0.29, 0.717) is 0 Å². The third kappa shape index (κ3) is 0.598. The molecule has 0 saturated carbocycles. The van der Waals surface area contributed by atoms with Crippen molar-refractivity contribution in [2.75, 3.05) is 0 Å². The highest BCUT2D eigenvalue weighted by atomic mass is 14.7. The van der Waals surface area contributed by atoms with E-state index in [1.165, 1.54) is 5.39 Å². The fraction of sp³-hybridized carbons (Fsp3) is 0. The van der Waals surface area contributed by atoms with Crippen LogP contribution in [0.1, 0.15) is 1.43 Å². The maximum absolute atomic E-state index is 3.95. The van der Waals surface area contributed by atoms with Gasteiger partial charge >= 0.3 is 0 Å². The Labute approximate surface area is 54.0 Å². The first kappa shape index (κ1) is 4.56. The summed E-state index contributed by atoms with van der Waals surface area (Å²) in [7, 11) is 0. The van der Waals surface area contributed by atoms with Gasteiger partial charge in [-0.25, -0.2) is 0 Å². The summed E-state index contributed by atoms with van der Waals surface area (Å²) in [4.78, 5) is 7.01. The summed E-state index contributed by atoms with van der Waals surface area (Å²) >= 11 is 0. The second-order valence-corrected chi connectivity index (χ2v) is 1.94. The van der Waals surface area contributed by atoms with Gasteiger partial charge in [-0.2, -0.15) is 0 Å². The molecule has 2 heteroatoms. The highest BCUT2D eigenvalue weighted by Crippen LogP contribution is 2.07. The van der Waals surface area contributed by atoms with Crippen molar-refractivity contribution < 1.29 is 1.43 Å². The molecule has 2 nitrogen and oxygen atoms in total. The lowest BCUT2D eigenvalue weighted by atomic mass is 10.3. The van der Waals surface area contributed by atoms with Gasteiger partial charge in [0.2, 0.25) is 0 Å². The van der Waals surface area contributed by atoms with E-state index in [4.69, 9.17) is 0 Å². The van der Waals surface area contributed by atoms with Crippen LogP contribution in [-0.2, 0) is 0 Å². The zero-order valence-corrected chi connectivity index (χ0v) is 4.83. The van der Waals surface area contributed by atoms with Crippen LogP contribution >= 0.6 is 0 Å². The standard InChI is InChI=1S/C7H6N2.H2/c1-3-8-5-7-6(1)2-4-9-7;/h1-5,9H;1H. The summed E-state index contributed by atoms with van der Waals surface area (Å²) in [5, 5.41) is 1.21. The Hall–Kier alpha value is -1.31. The Morgan fingerprint density at radius 3 is 3.33 bits per heavy atom. The molecule has 0 radical (unpaired) electrons. The van der Waals surface area contributed by atoms with Gasteiger partial charge in [-0.1, -0.05) is 0 Å². The van der Waals surface area contributed by atoms with Gasteiger partial charge in [0.1, 0.15) is 0 Å². The van der Waals surface area contributed by atoms with Crippen molar-refractivity contribution in [2.45, 2.75) is 0 Å². The van der Waals surface area contributed by atoms with Crippen LogP contribution in [0.5, 0.6) is 0 Å². The molecule has 0 aliphatic carbocycles. The molecule has 0 saturated heterocycles. The van der Waals surface area contributed by atoms with Crippen LogP contribution in [0, 0.1) is 0 Å². The Kier molecular flexibility index (Phi) is 0.803. The number of hydrogen-bond donors (Lipinski definition) is 1. The number of rotatable bonds is 0. The molecule has 0 aromatic carbocycles. The summed E-state index contributed by atoms with van der Waals surface area (Å²) in [5.74, 6) is 0. The lowest BCUT2D eigenvalue weighted by Crippen LogP contribution is -1.68. The maximum Gasteiger partial charge on any atom is 0.0640 e. The molecule has 1 N–H and O–H groups in total. The van der Waals surface area contributed by atoms with E-state index >= 15 is 0 Å². The largest absolute Gasteiger partial charge is 0.360 e. The topological polar surface area (TPSA) is 28.7 Å². The maximum atomic E-state index is 3.95. The Balaban J connectivity index is 0.000000500. The monoisotopic (exact) mass is 120 g/mol. The Morgan fingerprint density at radius 2 is 2.44 bits per heavy atom. The van der Waals surface area contributed by atoms with E-state index in [1.807, 2.05) is 24.5 Å². The van der Waals surface area contributed by atoms with Crippen LogP contribution in [0.25, 0.3) is 10.9 Å². The van der Waals surface area contributed by atoms with Gasteiger partial charge < -0.3 is 4.98 Å². The summed E-state index contributed by atoms with van der Waals surface area (Å²) in [5.41, 5.74) is 1.09. The third-order valence-corrected chi connectivity index (χ3v) is 1.36.